The Hall–Kier alpha value is -1.67. The van der Waals surface area contributed by atoms with E-state index in [1.165, 1.54) is 18.2 Å². The van der Waals surface area contributed by atoms with Crippen molar-refractivity contribution in [3.8, 4) is 0 Å². The third kappa shape index (κ3) is 4.80. The molecule has 4 rings (SSSR count). The second-order valence-electron chi connectivity index (χ2n) is 8.01. The Labute approximate surface area is 182 Å². The normalized spacial score (nSPS) is 23.5. The third-order valence-corrected chi connectivity index (χ3v) is 7.89. The predicted molar refractivity (Wildman–Crippen MR) is 118 cm³/mol. The molecule has 2 fully saturated rings. The first-order valence-electron chi connectivity index (χ1n) is 10.5. The fourth-order valence-corrected chi connectivity index (χ4v) is 6.00. The molecule has 8 heteroatoms. The van der Waals surface area contributed by atoms with Gasteiger partial charge in [0, 0.05) is 43.3 Å². The molecule has 1 aliphatic heterocycles. The van der Waals surface area contributed by atoms with Crippen molar-refractivity contribution in [2.24, 2.45) is 0 Å². The lowest BCUT2D eigenvalue weighted by molar-refractivity contribution is 0.124. The number of sulfonamides is 1. The number of piperazine rings is 1. The van der Waals surface area contributed by atoms with E-state index in [1.54, 1.807) is 18.2 Å². The summed E-state index contributed by atoms with van der Waals surface area (Å²) in [6, 6.07) is 13.2. The van der Waals surface area contributed by atoms with Crippen LogP contribution in [0.1, 0.15) is 25.7 Å². The highest BCUT2D eigenvalue weighted by molar-refractivity contribution is 7.89. The summed E-state index contributed by atoms with van der Waals surface area (Å²) in [5.41, 5.74) is 0.640. The lowest BCUT2D eigenvalue weighted by atomic mass is 9.89. The van der Waals surface area contributed by atoms with Gasteiger partial charge in [0.25, 0.3) is 0 Å². The summed E-state index contributed by atoms with van der Waals surface area (Å²) in [5, 5.41) is 0.511. The predicted octanol–water partition coefficient (Wildman–Crippen LogP) is 3.89. The van der Waals surface area contributed by atoms with Gasteiger partial charge in [0.1, 0.15) is 5.82 Å². The molecule has 5 nitrogen and oxygen atoms in total. The Morgan fingerprint density at radius 1 is 0.933 bits per heavy atom. The average molecular weight is 452 g/mol. The number of rotatable bonds is 5. The van der Waals surface area contributed by atoms with Crippen molar-refractivity contribution in [2.75, 3.05) is 31.1 Å². The lowest BCUT2D eigenvalue weighted by Gasteiger charge is -2.44. The van der Waals surface area contributed by atoms with Gasteiger partial charge in [0.05, 0.1) is 10.6 Å². The molecule has 0 aromatic heterocycles. The number of hydrogen-bond donors (Lipinski definition) is 1. The van der Waals surface area contributed by atoms with Crippen molar-refractivity contribution in [1.29, 1.82) is 0 Å². The number of benzene rings is 2. The molecule has 30 heavy (non-hydrogen) atoms. The monoisotopic (exact) mass is 451 g/mol. The molecule has 2 aromatic carbocycles. The molecule has 0 radical (unpaired) electrons. The van der Waals surface area contributed by atoms with Crippen LogP contribution in [0.5, 0.6) is 0 Å². The van der Waals surface area contributed by atoms with Crippen molar-refractivity contribution in [1.82, 2.24) is 9.62 Å². The van der Waals surface area contributed by atoms with E-state index in [0.29, 0.717) is 10.7 Å². The topological polar surface area (TPSA) is 52.7 Å². The summed E-state index contributed by atoms with van der Waals surface area (Å²) in [6.45, 7) is 3.04. The highest BCUT2D eigenvalue weighted by Gasteiger charge is 2.35. The largest absolute Gasteiger partial charge is 0.367 e. The first kappa shape index (κ1) is 21.6. The summed E-state index contributed by atoms with van der Waals surface area (Å²) in [4.78, 5) is 4.67. The Balaban J connectivity index is 1.43. The maximum absolute atomic E-state index is 14.1. The second kappa shape index (κ2) is 9.22. The number of anilines is 1. The zero-order chi connectivity index (χ0) is 21.1. The van der Waals surface area contributed by atoms with E-state index in [1.807, 2.05) is 12.1 Å². The number of hydrogen-bond acceptors (Lipinski definition) is 4. The van der Waals surface area contributed by atoms with Gasteiger partial charge in [0.15, 0.2) is 0 Å². The number of halogens is 2. The summed E-state index contributed by atoms with van der Waals surface area (Å²) in [5.74, 6) is -0.197. The van der Waals surface area contributed by atoms with Crippen molar-refractivity contribution < 1.29 is 12.8 Å². The van der Waals surface area contributed by atoms with E-state index in [9.17, 15) is 12.8 Å². The van der Waals surface area contributed by atoms with Crippen LogP contribution in [0.3, 0.4) is 0 Å². The molecular formula is C22H27ClFN3O2S. The van der Waals surface area contributed by atoms with Crippen LogP contribution in [0, 0.1) is 5.82 Å². The second-order valence-corrected chi connectivity index (χ2v) is 10.2. The minimum Gasteiger partial charge on any atom is -0.367 e. The van der Waals surface area contributed by atoms with Crippen LogP contribution < -0.4 is 9.62 Å². The average Bonchev–Trinajstić information content (AvgIpc) is 2.75. The molecule has 162 valence electrons. The summed E-state index contributed by atoms with van der Waals surface area (Å²) in [6.07, 6.45) is 3.90. The third-order valence-electron chi connectivity index (χ3n) is 6.14. The van der Waals surface area contributed by atoms with Gasteiger partial charge < -0.3 is 4.90 Å². The van der Waals surface area contributed by atoms with Crippen LogP contribution in [0.15, 0.2) is 53.4 Å². The molecule has 0 unspecified atom stereocenters. The number of para-hydroxylation sites is 1. The maximum atomic E-state index is 14.1. The molecular weight excluding hydrogens is 425 g/mol. The van der Waals surface area contributed by atoms with E-state index >= 15 is 0 Å². The van der Waals surface area contributed by atoms with Crippen LogP contribution in [0.2, 0.25) is 5.02 Å². The molecule has 1 aliphatic carbocycles. The molecule has 1 saturated heterocycles. The highest BCUT2D eigenvalue weighted by atomic mass is 35.5. The van der Waals surface area contributed by atoms with Crippen LogP contribution in [-0.4, -0.2) is 51.6 Å². The number of nitrogens with zero attached hydrogens (tertiary/aromatic N) is 2. The van der Waals surface area contributed by atoms with Gasteiger partial charge >= 0.3 is 0 Å². The Bertz CT molecular complexity index is 963. The minimum absolute atomic E-state index is 0.126. The first-order valence-corrected chi connectivity index (χ1v) is 12.3. The summed E-state index contributed by atoms with van der Waals surface area (Å²) >= 11 is 5.89. The minimum atomic E-state index is -3.60. The zero-order valence-electron chi connectivity index (χ0n) is 16.8. The van der Waals surface area contributed by atoms with Crippen molar-refractivity contribution >= 4 is 27.3 Å². The van der Waals surface area contributed by atoms with Crippen molar-refractivity contribution in [3.05, 3.63) is 59.4 Å². The lowest BCUT2D eigenvalue weighted by Crippen LogP contribution is -2.58. The van der Waals surface area contributed by atoms with Gasteiger partial charge in [-0.25, -0.2) is 17.5 Å². The molecule has 2 atom stereocenters. The van der Waals surface area contributed by atoms with Gasteiger partial charge in [-0.2, -0.15) is 0 Å². The van der Waals surface area contributed by atoms with Crippen molar-refractivity contribution in [2.45, 2.75) is 42.7 Å². The van der Waals surface area contributed by atoms with Gasteiger partial charge in [-0.15, -0.1) is 0 Å². The fourth-order valence-electron chi connectivity index (χ4n) is 4.57. The van der Waals surface area contributed by atoms with E-state index in [4.69, 9.17) is 11.6 Å². The molecule has 0 spiro atoms. The molecule has 1 heterocycles. The van der Waals surface area contributed by atoms with Crippen LogP contribution in [0.4, 0.5) is 10.1 Å². The molecule has 1 saturated carbocycles. The molecule has 2 aromatic rings. The van der Waals surface area contributed by atoms with Crippen molar-refractivity contribution in [3.63, 3.8) is 0 Å². The van der Waals surface area contributed by atoms with Gasteiger partial charge in [-0.05, 0) is 49.2 Å². The standard InChI is InChI=1S/C22H27ClFN3O2S/c23-17-9-11-18(12-10-17)30(28,29)25-20-6-2-4-8-22(20)27-15-13-26(14-16-27)21-7-3-1-5-19(21)24/h1,3,5,7,9-12,20,22,25H,2,4,6,8,13-16H2/t20-,22+/m0/s1. The van der Waals surface area contributed by atoms with Crippen LogP contribution in [-0.2, 0) is 10.0 Å². The summed E-state index contributed by atoms with van der Waals surface area (Å²) < 4.78 is 42.8. The molecule has 2 aliphatic rings. The van der Waals surface area contributed by atoms with Gasteiger partial charge in [-0.3, -0.25) is 4.90 Å². The fraction of sp³-hybridized carbons (Fsp3) is 0.455. The Morgan fingerprint density at radius 3 is 2.30 bits per heavy atom. The van der Waals surface area contributed by atoms with Crippen LogP contribution >= 0.6 is 11.6 Å². The molecule has 1 N–H and O–H groups in total. The highest BCUT2D eigenvalue weighted by Crippen LogP contribution is 2.28. The quantitative estimate of drug-likeness (QED) is 0.749. The maximum Gasteiger partial charge on any atom is 0.240 e. The van der Waals surface area contributed by atoms with E-state index in [0.717, 1.165) is 51.9 Å². The number of nitrogens with one attached hydrogen (secondary N) is 1. The zero-order valence-corrected chi connectivity index (χ0v) is 18.4. The van der Waals surface area contributed by atoms with E-state index in [2.05, 4.69) is 14.5 Å². The Kier molecular flexibility index (Phi) is 6.63. The molecule has 0 amide bonds. The Morgan fingerprint density at radius 2 is 1.60 bits per heavy atom. The van der Waals surface area contributed by atoms with E-state index < -0.39 is 10.0 Å². The van der Waals surface area contributed by atoms with Crippen LogP contribution in [0.25, 0.3) is 0 Å². The SMILES string of the molecule is O=S(=O)(N[C@H]1CCCC[C@H]1N1CCN(c2ccccc2F)CC1)c1ccc(Cl)cc1. The smallest absolute Gasteiger partial charge is 0.240 e. The molecule has 0 bridgehead atoms. The van der Waals surface area contributed by atoms with E-state index in [-0.39, 0.29) is 22.8 Å². The van der Waals surface area contributed by atoms with Gasteiger partial charge in [0.2, 0.25) is 10.0 Å². The summed E-state index contributed by atoms with van der Waals surface area (Å²) in [7, 11) is -3.60. The first-order chi connectivity index (χ1) is 14.4. The van der Waals surface area contributed by atoms with Gasteiger partial charge in [-0.1, -0.05) is 36.6 Å².